The van der Waals surface area contributed by atoms with Crippen molar-refractivity contribution in [3.8, 4) is 0 Å². The summed E-state index contributed by atoms with van der Waals surface area (Å²) < 4.78 is 2.09. The van der Waals surface area contributed by atoms with E-state index in [9.17, 15) is 0 Å². The Balaban J connectivity index is 1.88. The summed E-state index contributed by atoms with van der Waals surface area (Å²) >= 11 is 0. The Labute approximate surface area is 92.7 Å². The molecule has 1 aromatic heterocycles. The second-order valence-corrected chi connectivity index (χ2v) is 5.26. The van der Waals surface area contributed by atoms with Gasteiger partial charge in [0.05, 0.1) is 0 Å². The maximum atomic E-state index is 4.30. The summed E-state index contributed by atoms with van der Waals surface area (Å²) in [4.78, 5) is 0. The van der Waals surface area contributed by atoms with Crippen molar-refractivity contribution in [3.63, 3.8) is 0 Å². The van der Waals surface area contributed by atoms with Crippen molar-refractivity contribution >= 4 is 0 Å². The molecule has 2 heteroatoms. The Hall–Kier alpha value is -0.790. The maximum Gasteiger partial charge on any atom is 0.0489 e. The summed E-state index contributed by atoms with van der Waals surface area (Å²) in [6.07, 6.45) is 9.60. The lowest BCUT2D eigenvalue weighted by molar-refractivity contribution is 0.195. The van der Waals surface area contributed by atoms with Crippen molar-refractivity contribution in [1.82, 2.24) is 9.78 Å². The van der Waals surface area contributed by atoms with Crippen LogP contribution in [0.15, 0.2) is 18.5 Å². The predicted molar refractivity (Wildman–Crippen MR) is 62.5 cm³/mol. The lowest BCUT2D eigenvalue weighted by Crippen LogP contribution is -2.23. The molecule has 0 saturated heterocycles. The van der Waals surface area contributed by atoms with Crippen LogP contribution in [0.1, 0.15) is 39.5 Å². The van der Waals surface area contributed by atoms with Gasteiger partial charge in [-0.15, -0.1) is 0 Å². The van der Waals surface area contributed by atoms with Gasteiger partial charge in [-0.05, 0) is 36.7 Å². The molecule has 0 amide bonds. The smallest absolute Gasteiger partial charge is 0.0489 e. The van der Waals surface area contributed by atoms with Crippen LogP contribution in [0.3, 0.4) is 0 Å². The van der Waals surface area contributed by atoms with Crippen molar-refractivity contribution in [2.75, 3.05) is 0 Å². The van der Waals surface area contributed by atoms with E-state index < -0.39 is 0 Å². The van der Waals surface area contributed by atoms with E-state index in [0.29, 0.717) is 0 Å². The molecule has 1 fully saturated rings. The van der Waals surface area contributed by atoms with Gasteiger partial charge in [-0.1, -0.05) is 26.7 Å². The van der Waals surface area contributed by atoms with Gasteiger partial charge >= 0.3 is 0 Å². The van der Waals surface area contributed by atoms with Crippen molar-refractivity contribution in [2.24, 2.45) is 17.8 Å². The molecule has 2 rings (SSSR count). The van der Waals surface area contributed by atoms with Crippen LogP contribution in [0, 0.1) is 17.8 Å². The van der Waals surface area contributed by atoms with Gasteiger partial charge in [0.2, 0.25) is 0 Å². The topological polar surface area (TPSA) is 17.8 Å². The van der Waals surface area contributed by atoms with Crippen LogP contribution in [0.25, 0.3) is 0 Å². The van der Waals surface area contributed by atoms with Crippen LogP contribution in [0.4, 0.5) is 0 Å². The van der Waals surface area contributed by atoms with Crippen LogP contribution in [0.5, 0.6) is 0 Å². The fraction of sp³-hybridized carbons (Fsp3) is 0.769. The van der Waals surface area contributed by atoms with E-state index in [1.54, 1.807) is 0 Å². The van der Waals surface area contributed by atoms with Crippen LogP contribution in [0.2, 0.25) is 0 Å². The molecule has 1 aliphatic carbocycles. The first-order valence-corrected chi connectivity index (χ1v) is 6.23. The maximum absolute atomic E-state index is 4.30. The Kier molecular flexibility index (Phi) is 3.45. The zero-order chi connectivity index (χ0) is 10.7. The average molecular weight is 206 g/mol. The van der Waals surface area contributed by atoms with E-state index in [1.165, 1.54) is 25.7 Å². The molecule has 2 nitrogen and oxygen atoms in total. The molecule has 0 aromatic carbocycles. The molecule has 0 unspecified atom stereocenters. The summed E-state index contributed by atoms with van der Waals surface area (Å²) in [5.74, 6) is 2.65. The molecule has 1 aliphatic rings. The van der Waals surface area contributed by atoms with Crippen molar-refractivity contribution in [3.05, 3.63) is 18.5 Å². The highest BCUT2D eigenvalue weighted by Crippen LogP contribution is 2.34. The number of rotatable bonds is 3. The molecule has 0 N–H and O–H groups in total. The van der Waals surface area contributed by atoms with Gasteiger partial charge in [-0.25, -0.2) is 0 Å². The first-order valence-electron chi connectivity index (χ1n) is 6.23. The van der Waals surface area contributed by atoms with Gasteiger partial charge in [-0.3, -0.25) is 4.68 Å². The summed E-state index contributed by atoms with van der Waals surface area (Å²) in [5, 5.41) is 4.30. The summed E-state index contributed by atoms with van der Waals surface area (Å²) in [6, 6.07) is 2.02. The summed E-state index contributed by atoms with van der Waals surface area (Å²) in [6.45, 7) is 5.85. The molecule has 0 radical (unpaired) electrons. The van der Waals surface area contributed by atoms with Gasteiger partial charge in [0.1, 0.15) is 0 Å². The van der Waals surface area contributed by atoms with Gasteiger partial charge in [0.15, 0.2) is 0 Å². The molecule has 84 valence electrons. The molecular formula is C13H22N2. The van der Waals surface area contributed by atoms with Crippen LogP contribution >= 0.6 is 0 Å². The van der Waals surface area contributed by atoms with Crippen molar-refractivity contribution in [2.45, 2.75) is 46.1 Å². The molecule has 0 bridgehead atoms. The Morgan fingerprint density at radius 2 is 2.27 bits per heavy atom. The van der Waals surface area contributed by atoms with Gasteiger partial charge in [-0.2, -0.15) is 5.10 Å². The highest BCUT2D eigenvalue weighted by atomic mass is 15.3. The third-order valence-corrected chi connectivity index (χ3v) is 3.77. The number of aromatic nitrogens is 2. The lowest BCUT2D eigenvalue weighted by Gasteiger charge is -2.31. The van der Waals surface area contributed by atoms with Gasteiger partial charge < -0.3 is 0 Å². The largest absolute Gasteiger partial charge is 0.272 e. The standard InChI is InChI=1S/C13H22N2/c1-11(2)13-6-3-5-12(9-13)10-15-8-4-7-14-15/h4,7-8,11-13H,3,5-6,9-10H2,1-2H3/t12-,13+/m0/s1. The minimum absolute atomic E-state index is 0.852. The minimum Gasteiger partial charge on any atom is -0.272 e. The summed E-state index contributed by atoms with van der Waals surface area (Å²) in [5.41, 5.74) is 0. The molecule has 1 saturated carbocycles. The van der Waals surface area contributed by atoms with Crippen LogP contribution < -0.4 is 0 Å². The van der Waals surface area contributed by atoms with Gasteiger partial charge in [0, 0.05) is 18.9 Å². The average Bonchev–Trinajstić information content (AvgIpc) is 2.71. The highest BCUT2D eigenvalue weighted by molar-refractivity contribution is 4.80. The molecule has 1 heterocycles. The Bertz CT molecular complexity index is 277. The molecule has 2 atom stereocenters. The fourth-order valence-electron chi connectivity index (χ4n) is 2.78. The Morgan fingerprint density at radius 3 is 2.93 bits per heavy atom. The molecule has 0 aliphatic heterocycles. The van der Waals surface area contributed by atoms with E-state index in [1.807, 2.05) is 12.3 Å². The third kappa shape index (κ3) is 2.83. The lowest BCUT2D eigenvalue weighted by atomic mass is 9.76. The second-order valence-electron chi connectivity index (χ2n) is 5.26. The van der Waals surface area contributed by atoms with Gasteiger partial charge in [0.25, 0.3) is 0 Å². The Morgan fingerprint density at radius 1 is 1.40 bits per heavy atom. The van der Waals surface area contributed by atoms with E-state index >= 15 is 0 Å². The molecule has 15 heavy (non-hydrogen) atoms. The van der Waals surface area contributed by atoms with Crippen LogP contribution in [-0.2, 0) is 6.54 Å². The van der Waals surface area contributed by atoms with E-state index in [0.717, 1.165) is 24.3 Å². The fourth-order valence-corrected chi connectivity index (χ4v) is 2.78. The quantitative estimate of drug-likeness (QED) is 0.741. The number of nitrogens with zero attached hydrogens (tertiary/aromatic N) is 2. The summed E-state index contributed by atoms with van der Waals surface area (Å²) in [7, 11) is 0. The van der Waals surface area contributed by atoms with Crippen LogP contribution in [-0.4, -0.2) is 9.78 Å². The first-order chi connectivity index (χ1) is 7.25. The zero-order valence-corrected chi connectivity index (χ0v) is 9.89. The van der Waals surface area contributed by atoms with Crippen molar-refractivity contribution < 1.29 is 0 Å². The number of hydrogen-bond donors (Lipinski definition) is 0. The molecule has 1 aromatic rings. The van der Waals surface area contributed by atoms with E-state index in [-0.39, 0.29) is 0 Å². The normalized spacial score (nSPS) is 27.1. The zero-order valence-electron chi connectivity index (χ0n) is 9.89. The molecule has 0 spiro atoms. The van der Waals surface area contributed by atoms with E-state index in [4.69, 9.17) is 0 Å². The highest BCUT2D eigenvalue weighted by Gasteiger charge is 2.24. The molecular weight excluding hydrogens is 184 g/mol. The van der Waals surface area contributed by atoms with E-state index in [2.05, 4.69) is 29.8 Å². The number of hydrogen-bond acceptors (Lipinski definition) is 1. The third-order valence-electron chi connectivity index (χ3n) is 3.77. The second kappa shape index (κ2) is 4.82. The SMILES string of the molecule is CC(C)[C@@H]1CCC[C@H](Cn2cccn2)C1. The predicted octanol–water partition coefficient (Wildman–Crippen LogP) is 3.35. The minimum atomic E-state index is 0.852. The monoisotopic (exact) mass is 206 g/mol. The first kappa shape index (κ1) is 10.7. The van der Waals surface area contributed by atoms with Crippen molar-refractivity contribution in [1.29, 1.82) is 0 Å².